The van der Waals surface area contributed by atoms with Crippen molar-refractivity contribution < 1.29 is 4.79 Å². The molecule has 0 radical (unpaired) electrons. The van der Waals surface area contributed by atoms with E-state index in [1.54, 1.807) is 0 Å². The largest absolute Gasteiger partial charge is 0.356 e. The molecule has 0 saturated carbocycles. The van der Waals surface area contributed by atoms with Crippen molar-refractivity contribution in [2.24, 2.45) is 5.92 Å². The molecule has 1 unspecified atom stereocenters. The molecule has 0 aromatic rings. The fourth-order valence-electron chi connectivity index (χ4n) is 1.07. The van der Waals surface area contributed by atoms with Crippen molar-refractivity contribution in [2.75, 3.05) is 13.1 Å². The van der Waals surface area contributed by atoms with E-state index in [-0.39, 0.29) is 11.4 Å². The first-order valence-corrected chi connectivity index (χ1v) is 5.87. The summed E-state index contributed by atoms with van der Waals surface area (Å²) in [7, 11) is 0. The zero-order valence-electron chi connectivity index (χ0n) is 10.8. The highest BCUT2D eigenvalue weighted by Gasteiger charge is 2.09. The van der Waals surface area contributed by atoms with Gasteiger partial charge in [-0.1, -0.05) is 20.3 Å². The Morgan fingerprint density at radius 2 is 1.93 bits per heavy atom. The highest BCUT2D eigenvalue weighted by atomic mass is 16.1. The number of rotatable bonds is 6. The van der Waals surface area contributed by atoms with Crippen LogP contribution in [0.2, 0.25) is 0 Å². The summed E-state index contributed by atoms with van der Waals surface area (Å²) in [6, 6.07) is 0. The average molecular weight is 214 g/mol. The third kappa shape index (κ3) is 9.73. The summed E-state index contributed by atoms with van der Waals surface area (Å²) in [4.78, 5) is 11.4. The van der Waals surface area contributed by atoms with Gasteiger partial charge >= 0.3 is 0 Å². The van der Waals surface area contributed by atoms with E-state index in [4.69, 9.17) is 0 Å². The van der Waals surface area contributed by atoms with E-state index < -0.39 is 0 Å². The van der Waals surface area contributed by atoms with Gasteiger partial charge < -0.3 is 10.6 Å². The summed E-state index contributed by atoms with van der Waals surface area (Å²) in [6.45, 7) is 12.1. The van der Waals surface area contributed by atoms with Crippen molar-refractivity contribution in [3.8, 4) is 0 Å². The van der Waals surface area contributed by atoms with E-state index in [0.29, 0.717) is 12.3 Å². The molecule has 0 aromatic heterocycles. The van der Waals surface area contributed by atoms with Crippen LogP contribution >= 0.6 is 0 Å². The second-order valence-electron chi connectivity index (χ2n) is 5.24. The first kappa shape index (κ1) is 14.4. The molecule has 0 heterocycles. The summed E-state index contributed by atoms with van der Waals surface area (Å²) in [5, 5.41) is 6.23. The Labute approximate surface area is 94.0 Å². The minimum absolute atomic E-state index is 0.0942. The Morgan fingerprint density at radius 3 is 2.40 bits per heavy atom. The number of hydrogen-bond donors (Lipinski definition) is 2. The summed E-state index contributed by atoms with van der Waals surface area (Å²) in [5.41, 5.74) is 0.0942. The predicted octanol–water partition coefficient (Wildman–Crippen LogP) is 1.93. The SMILES string of the molecule is CCC(C)CNC(=O)CCNC(C)(C)C. The van der Waals surface area contributed by atoms with Gasteiger partial charge in [-0.3, -0.25) is 4.79 Å². The zero-order chi connectivity index (χ0) is 11.9. The minimum Gasteiger partial charge on any atom is -0.356 e. The van der Waals surface area contributed by atoms with E-state index in [9.17, 15) is 4.79 Å². The lowest BCUT2D eigenvalue weighted by Crippen LogP contribution is -2.39. The molecule has 0 fully saturated rings. The second-order valence-corrected chi connectivity index (χ2v) is 5.24. The van der Waals surface area contributed by atoms with Gasteiger partial charge in [0, 0.05) is 25.0 Å². The third-order valence-electron chi connectivity index (χ3n) is 2.35. The standard InChI is InChI=1S/C12H26N2O/c1-6-10(2)9-13-11(15)7-8-14-12(3,4)5/h10,14H,6-9H2,1-5H3,(H,13,15). The Morgan fingerprint density at radius 1 is 1.33 bits per heavy atom. The van der Waals surface area contributed by atoms with E-state index in [2.05, 4.69) is 45.3 Å². The van der Waals surface area contributed by atoms with Gasteiger partial charge in [0.05, 0.1) is 0 Å². The number of amides is 1. The smallest absolute Gasteiger partial charge is 0.221 e. The van der Waals surface area contributed by atoms with Gasteiger partial charge in [0.15, 0.2) is 0 Å². The summed E-state index contributed by atoms with van der Waals surface area (Å²) >= 11 is 0. The first-order valence-electron chi connectivity index (χ1n) is 5.87. The maximum atomic E-state index is 11.4. The van der Waals surface area contributed by atoms with Crippen molar-refractivity contribution in [3.05, 3.63) is 0 Å². The molecule has 0 aliphatic carbocycles. The normalized spacial score (nSPS) is 13.7. The molecule has 0 aliphatic heterocycles. The lowest BCUT2D eigenvalue weighted by atomic mass is 10.1. The van der Waals surface area contributed by atoms with E-state index in [1.807, 2.05) is 0 Å². The third-order valence-corrected chi connectivity index (χ3v) is 2.35. The van der Waals surface area contributed by atoms with Gasteiger partial charge in [-0.25, -0.2) is 0 Å². The van der Waals surface area contributed by atoms with E-state index in [0.717, 1.165) is 19.5 Å². The molecule has 1 amide bonds. The van der Waals surface area contributed by atoms with Crippen molar-refractivity contribution in [2.45, 2.75) is 53.0 Å². The molecule has 15 heavy (non-hydrogen) atoms. The van der Waals surface area contributed by atoms with Gasteiger partial charge in [-0.15, -0.1) is 0 Å². The zero-order valence-corrected chi connectivity index (χ0v) is 10.8. The lowest BCUT2D eigenvalue weighted by molar-refractivity contribution is -0.121. The van der Waals surface area contributed by atoms with Crippen LogP contribution in [0, 0.1) is 5.92 Å². The molecular formula is C12H26N2O. The monoisotopic (exact) mass is 214 g/mol. The summed E-state index contributed by atoms with van der Waals surface area (Å²) in [6.07, 6.45) is 1.67. The molecule has 3 heteroatoms. The number of hydrogen-bond acceptors (Lipinski definition) is 2. The minimum atomic E-state index is 0.0942. The Kier molecular flexibility index (Phi) is 6.57. The van der Waals surface area contributed by atoms with Crippen LogP contribution < -0.4 is 10.6 Å². The van der Waals surface area contributed by atoms with Crippen LogP contribution in [0.5, 0.6) is 0 Å². The van der Waals surface area contributed by atoms with Crippen molar-refractivity contribution in [1.82, 2.24) is 10.6 Å². The van der Waals surface area contributed by atoms with Crippen LogP contribution in [0.25, 0.3) is 0 Å². The molecule has 1 atom stereocenters. The van der Waals surface area contributed by atoms with E-state index in [1.165, 1.54) is 0 Å². The number of carbonyl (C=O) groups excluding carboxylic acids is 1. The van der Waals surface area contributed by atoms with Crippen LogP contribution in [-0.4, -0.2) is 24.5 Å². The van der Waals surface area contributed by atoms with Gasteiger partial charge in [0.1, 0.15) is 0 Å². The molecule has 3 nitrogen and oxygen atoms in total. The molecule has 0 aromatic carbocycles. The van der Waals surface area contributed by atoms with Crippen molar-refractivity contribution >= 4 is 5.91 Å². The highest BCUT2D eigenvalue weighted by Crippen LogP contribution is 1.99. The average Bonchev–Trinajstić information content (AvgIpc) is 2.12. The Bertz CT molecular complexity index is 185. The fraction of sp³-hybridized carbons (Fsp3) is 0.917. The Hall–Kier alpha value is -0.570. The quantitative estimate of drug-likeness (QED) is 0.709. The molecule has 0 bridgehead atoms. The van der Waals surface area contributed by atoms with Gasteiger partial charge in [0.25, 0.3) is 0 Å². The van der Waals surface area contributed by atoms with Crippen LogP contribution in [0.1, 0.15) is 47.5 Å². The predicted molar refractivity (Wildman–Crippen MR) is 64.8 cm³/mol. The van der Waals surface area contributed by atoms with Crippen molar-refractivity contribution in [1.29, 1.82) is 0 Å². The summed E-state index contributed by atoms with van der Waals surface area (Å²) < 4.78 is 0. The number of nitrogens with one attached hydrogen (secondary N) is 2. The van der Waals surface area contributed by atoms with Gasteiger partial charge in [-0.05, 0) is 26.7 Å². The lowest BCUT2D eigenvalue weighted by Gasteiger charge is -2.20. The molecule has 0 saturated heterocycles. The van der Waals surface area contributed by atoms with Gasteiger partial charge in [-0.2, -0.15) is 0 Å². The van der Waals surface area contributed by atoms with Crippen LogP contribution in [0.15, 0.2) is 0 Å². The molecule has 2 N–H and O–H groups in total. The second kappa shape index (κ2) is 6.83. The molecule has 0 aliphatic rings. The molecule has 0 rings (SSSR count). The van der Waals surface area contributed by atoms with Crippen LogP contribution in [0.3, 0.4) is 0 Å². The van der Waals surface area contributed by atoms with E-state index >= 15 is 0 Å². The molecule has 0 spiro atoms. The van der Waals surface area contributed by atoms with Crippen molar-refractivity contribution in [3.63, 3.8) is 0 Å². The summed E-state index contributed by atoms with van der Waals surface area (Å²) in [5.74, 6) is 0.719. The number of carbonyl (C=O) groups is 1. The fourth-order valence-corrected chi connectivity index (χ4v) is 1.07. The molecule has 90 valence electrons. The topological polar surface area (TPSA) is 41.1 Å². The first-order chi connectivity index (χ1) is 6.85. The molecular weight excluding hydrogens is 188 g/mol. The van der Waals surface area contributed by atoms with Crippen LogP contribution in [0.4, 0.5) is 0 Å². The maximum Gasteiger partial charge on any atom is 0.221 e. The maximum absolute atomic E-state index is 11.4. The van der Waals surface area contributed by atoms with Gasteiger partial charge in [0.2, 0.25) is 5.91 Å². The Balaban J connectivity index is 3.50. The highest BCUT2D eigenvalue weighted by molar-refractivity contribution is 5.76. The van der Waals surface area contributed by atoms with Crippen LogP contribution in [-0.2, 0) is 4.79 Å².